The highest BCUT2D eigenvalue weighted by molar-refractivity contribution is 5.64. The molecule has 2 heterocycles. The first kappa shape index (κ1) is 16.1. The molecule has 0 saturated carbocycles. The SMILES string of the molecule is CCCc1nn(C)c(NCCCN2CCCCC2C)c1N. The molecule has 5 heteroatoms. The first-order valence-corrected chi connectivity index (χ1v) is 8.42. The van der Waals surface area contributed by atoms with Crippen LogP contribution >= 0.6 is 0 Å². The number of nitrogens with zero attached hydrogens (tertiary/aromatic N) is 3. The van der Waals surface area contributed by atoms with Gasteiger partial charge in [-0.3, -0.25) is 4.68 Å². The Balaban J connectivity index is 1.78. The van der Waals surface area contributed by atoms with E-state index in [2.05, 4.69) is 29.2 Å². The van der Waals surface area contributed by atoms with Gasteiger partial charge in [0, 0.05) is 26.2 Å². The lowest BCUT2D eigenvalue weighted by Gasteiger charge is -2.33. The summed E-state index contributed by atoms with van der Waals surface area (Å²) in [6, 6.07) is 0.747. The van der Waals surface area contributed by atoms with E-state index >= 15 is 0 Å². The predicted octanol–water partition coefficient (Wildman–Crippen LogP) is 2.63. The number of rotatable bonds is 7. The van der Waals surface area contributed by atoms with Gasteiger partial charge in [-0.1, -0.05) is 19.8 Å². The molecule has 0 amide bonds. The smallest absolute Gasteiger partial charge is 0.147 e. The van der Waals surface area contributed by atoms with Crippen molar-refractivity contribution < 1.29 is 0 Å². The Kier molecular flexibility index (Phi) is 5.91. The third-order valence-corrected chi connectivity index (χ3v) is 4.50. The summed E-state index contributed by atoms with van der Waals surface area (Å²) in [5, 5.41) is 7.96. The molecular formula is C16H31N5. The number of nitrogens with one attached hydrogen (secondary N) is 1. The van der Waals surface area contributed by atoms with Crippen molar-refractivity contribution in [1.82, 2.24) is 14.7 Å². The fourth-order valence-corrected chi connectivity index (χ4v) is 3.21. The molecule has 1 aliphatic heterocycles. The fraction of sp³-hybridized carbons (Fsp3) is 0.812. The van der Waals surface area contributed by atoms with Crippen molar-refractivity contribution in [3.63, 3.8) is 0 Å². The van der Waals surface area contributed by atoms with Crippen LogP contribution in [0, 0.1) is 0 Å². The topological polar surface area (TPSA) is 59.1 Å². The summed E-state index contributed by atoms with van der Waals surface area (Å²) in [6.07, 6.45) is 7.27. The third kappa shape index (κ3) is 4.13. The van der Waals surface area contributed by atoms with E-state index < -0.39 is 0 Å². The van der Waals surface area contributed by atoms with Gasteiger partial charge in [-0.2, -0.15) is 5.10 Å². The Bertz CT molecular complexity index is 440. The molecule has 3 N–H and O–H groups in total. The van der Waals surface area contributed by atoms with Gasteiger partial charge >= 0.3 is 0 Å². The Morgan fingerprint density at radius 3 is 2.90 bits per heavy atom. The van der Waals surface area contributed by atoms with Crippen molar-refractivity contribution >= 4 is 11.5 Å². The van der Waals surface area contributed by atoms with E-state index in [1.54, 1.807) is 0 Å². The van der Waals surface area contributed by atoms with Gasteiger partial charge in [-0.15, -0.1) is 0 Å². The van der Waals surface area contributed by atoms with Crippen molar-refractivity contribution in [1.29, 1.82) is 0 Å². The van der Waals surface area contributed by atoms with E-state index in [4.69, 9.17) is 5.73 Å². The van der Waals surface area contributed by atoms with Crippen LogP contribution in [0.15, 0.2) is 0 Å². The number of aryl methyl sites for hydroxylation is 2. The Labute approximate surface area is 128 Å². The Morgan fingerprint density at radius 2 is 2.19 bits per heavy atom. The molecule has 1 fully saturated rings. The second kappa shape index (κ2) is 7.69. The van der Waals surface area contributed by atoms with Crippen LogP contribution in [0.2, 0.25) is 0 Å². The molecule has 1 atom stereocenters. The van der Waals surface area contributed by atoms with Gasteiger partial charge in [0.2, 0.25) is 0 Å². The first-order valence-electron chi connectivity index (χ1n) is 8.42. The van der Waals surface area contributed by atoms with E-state index in [0.29, 0.717) is 0 Å². The zero-order valence-electron chi connectivity index (χ0n) is 13.9. The summed E-state index contributed by atoms with van der Waals surface area (Å²) in [5.74, 6) is 0.977. The number of hydrogen-bond donors (Lipinski definition) is 2. The minimum Gasteiger partial charge on any atom is -0.394 e. The quantitative estimate of drug-likeness (QED) is 0.759. The monoisotopic (exact) mass is 293 g/mol. The number of aromatic nitrogens is 2. The van der Waals surface area contributed by atoms with Crippen molar-refractivity contribution in [2.75, 3.05) is 30.7 Å². The molecule has 2 rings (SSSR count). The van der Waals surface area contributed by atoms with E-state index in [9.17, 15) is 0 Å². The third-order valence-electron chi connectivity index (χ3n) is 4.50. The molecular weight excluding hydrogens is 262 g/mol. The molecule has 1 aromatic heterocycles. The summed E-state index contributed by atoms with van der Waals surface area (Å²) >= 11 is 0. The molecule has 0 aliphatic carbocycles. The van der Waals surface area contributed by atoms with Crippen molar-refractivity contribution in [3.05, 3.63) is 5.69 Å². The molecule has 21 heavy (non-hydrogen) atoms. The van der Waals surface area contributed by atoms with Crippen LogP contribution in [0.1, 0.15) is 51.6 Å². The predicted molar refractivity (Wildman–Crippen MR) is 89.6 cm³/mol. The summed E-state index contributed by atoms with van der Waals surface area (Å²) < 4.78 is 1.88. The lowest BCUT2D eigenvalue weighted by molar-refractivity contribution is 0.160. The van der Waals surface area contributed by atoms with Gasteiger partial charge in [-0.25, -0.2) is 0 Å². The van der Waals surface area contributed by atoms with Gasteiger partial charge in [-0.05, 0) is 39.2 Å². The molecule has 5 nitrogen and oxygen atoms in total. The first-order chi connectivity index (χ1) is 10.1. The number of piperidine rings is 1. The molecule has 0 radical (unpaired) electrons. The minimum atomic E-state index is 0.747. The number of hydrogen-bond acceptors (Lipinski definition) is 4. The number of anilines is 2. The van der Waals surface area contributed by atoms with Crippen LogP contribution in [0.5, 0.6) is 0 Å². The number of nitrogen functional groups attached to an aromatic ring is 1. The van der Waals surface area contributed by atoms with Crippen molar-refractivity contribution in [3.8, 4) is 0 Å². The summed E-state index contributed by atoms with van der Waals surface area (Å²) in [4.78, 5) is 2.61. The van der Waals surface area contributed by atoms with Crippen LogP contribution in [0.4, 0.5) is 11.5 Å². The van der Waals surface area contributed by atoms with Crippen LogP contribution < -0.4 is 11.1 Å². The summed E-state index contributed by atoms with van der Waals surface area (Å²) in [5.41, 5.74) is 8.03. The largest absolute Gasteiger partial charge is 0.394 e. The molecule has 1 aromatic rings. The van der Waals surface area contributed by atoms with Crippen LogP contribution in [-0.4, -0.2) is 40.4 Å². The second-order valence-electron chi connectivity index (χ2n) is 6.24. The van der Waals surface area contributed by atoms with E-state index in [1.165, 1.54) is 32.4 Å². The molecule has 120 valence electrons. The van der Waals surface area contributed by atoms with Crippen LogP contribution in [0.3, 0.4) is 0 Å². The van der Waals surface area contributed by atoms with Gasteiger partial charge < -0.3 is 16.0 Å². The van der Waals surface area contributed by atoms with Gasteiger partial charge in [0.05, 0.1) is 11.4 Å². The molecule has 1 unspecified atom stereocenters. The summed E-state index contributed by atoms with van der Waals surface area (Å²) in [6.45, 7) is 7.89. The Hall–Kier alpha value is -1.23. The molecule has 0 bridgehead atoms. The van der Waals surface area contributed by atoms with Gasteiger partial charge in [0.1, 0.15) is 5.82 Å². The highest BCUT2D eigenvalue weighted by Gasteiger charge is 2.17. The molecule has 0 spiro atoms. The highest BCUT2D eigenvalue weighted by atomic mass is 15.3. The summed E-state index contributed by atoms with van der Waals surface area (Å²) in [7, 11) is 1.96. The fourth-order valence-electron chi connectivity index (χ4n) is 3.21. The maximum Gasteiger partial charge on any atom is 0.147 e. The Morgan fingerprint density at radius 1 is 1.38 bits per heavy atom. The average molecular weight is 293 g/mol. The zero-order chi connectivity index (χ0) is 15.2. The molecule has 1 saturated heterocycles. The average Bonchev–Trinajstić information content (AvgIpc) is 2.73. The van der Waals surface area contributed by atoms with E-state index in [-0.39, 0.29) is 0 Å². The van der Waals surface area contributed by atoms with E-state index in [1.807, 2.05) is 11.7 Å². The van der Waals surface area contributed by atoms with Gasteiger partial charge in [0.25, 0.3) is 0 Å². The van der Waals surface area contributed by atoms with Crippen molar-refractivity contribution in [2.45, 2.75) is 58.4 Å². The maximum absolute atomic E-state index is 6.18. The van der Waals surface area contributed by atoms with E-state index in [0.717, 1.165) is 49.0 Å². The highest BCUT2D eigenvalue weighted by Crippen LogP contribution is 2.23. The number of likely N-dealkylation sites (tertiary alicyclic amines) is 1. The zero-order valence-corrected chi connectivity index (χ0v) is 13.9. The normalized spacial score (nSPS) is 19.9. The molecule has 1 aliphatic rings. The van der Waals surface area contributed by atoms with Crippen molar-refractivity contribution in [2.24, 2.45) is 7.05 Å². The lowest BCUT2D eigenvalue weighted by Crippen LogP contribution is -2.38. The van der Waals surface area contributed by atoms with Crippen LogP contribution in [-0.2, 0) is 13.5 Å². The minimum absolute atomic E-state index is 0.747. The number of nitrogens with two attached hydrogens (primary N) is 1. The van der Waals surface area contributed by atoms with Gasteiger partial charge in [0.15, 0.2) is 0 Å². The lowest BCUT2D eigenvalue weighted by atomic mass is 10.0. The second-order valence-corrected chi connectivity index (χ2v) is 6.24. The maximum atomic E-state index is 6.18. The standard InChI is InChI=1S/C16H31N5/c1-4-8-14-15(17)16(20(3)19-14)18-10-7-12-21-11-6-5-9-13(21)2/h13,18H,4-12,17H2,1-3H3. The van der Waals surface area contributed by atoms with Crippen LogP contribution in [0.25, 0.3) is 0 Å². The molecule has 0 aromatic carbocycles.